The summed E-state index contributed by atoms with van der Waals surface area (Å²) in [6.45, 7) is 3.79. The third-order valence-electron chi connectivity index (χ3n) is 2.12. The van der Waals surface area contributed by atoms with Crippen molar-refractivity contribution in [3.05, 3.63) is 0 Å². The van der Waals surface area contributed by atoms with Crippen molar-refractivity contribution in [2.45, 2.75) is 31.6 Å². The predicted molar refractivity (Wildman–Crippen MR) is 30.9 cm³/mol. The van der Waals surface area contributed by atoms with Crippen molar-refractivity contribution in [1.82, 2.24) is 5.32 Å². The second-order valence-corrected chi connectivity index (χ2v) is 2.91. The molecule has 0 aromatic heterocycles. The van der Waals surface area contributed by atoms with Crippen molar-refractivity contribution in [1.29, 1.82) is 0 Å². The first kappa shape index (κ1) is 5.23. The third kappa shape index (κ3) is 0.435. The summed E-state index contributed by atoms with van der Waals surface area (Å²) in [5.74, 6) is 0.0417. The molecule has 50 valence electrons. The van der Waals surface area contributed by atoms with Gasteiger partial charge in [0.2, 0.25) is 0 Å². The van der Waals surface area contributed by atoms with Crippen LogP contribution >= 0.6 is 0 Å². The van der Waals surface area contributed by atoms with Gasteiger partial charge >= 0.3 is 0 Å². The largest absolute Gasteiger partial charge is 0.354 e. The number of hydrogen-bond acceptors (Lipinski definition) is 2. The summed E-state index contributed by atoms with van der Waals surface area (Å²) < 4.78 is 5.15. The Morgan fingerprint density at radius 2 is 2.44 bits per heavy atom. The van der Waals surface area contributed by atoms with E-state index in [1.54, 1.807) is 0 Å². The molecule has 0 spiro atoms. The molecule has 0 unspecified atom stereocenters. The van der Waals surface area contributed by atoms with Gasteiger partial charge in [-0.3, -0.25) is 4.79 Å². The highest BCUT2D eigenvalue weighted by molar-refractivity contribution is 5.91. The number of morpholine rings is 1. The zero-order chi connectivity index (χ0) is 6.65. The average molecular weight is 127 g/mol. The van der Waals surface area contributed by atoms with Gasteiger partial charge in [-0.25, -0.2) is 0 Å². The Morgan fingerprint density at radius 3 is 2.56 bits per heavy atom. The van der Waals surface area contributed by atoms with E-state index in [2.05, 4.69) is 5.32 Å². The van der Waals surface area contributed by atoms with E-state index in [0.717, 1.165) is 0 Å². The lowest BCUT2D eigenvalue weighted by Gasteiger charge is -2.03. The number of carbonyl (C=O) groups excluding carboxylic acids is 1. The van der Waals surface area contributed by atoms with E-state index in [9.17, 15) is 4.79 Å². The Bertz CT molecular complexity index is 180. The quantitative estimate of drug-likeness (QED) is 0.452. The first-order valence-corrected chi connectivity index (χ1v) is 3.13. The van der Waals surface area contributed by atoms with Crippen LogP contribution in [0.1, 0.15) is 13.8 Å². The van der Waals surface area contributed by atoms with Crippen LogP contribution in [0.4, 0.5) is 0 Å². The lowest BCUT2D eigenvalue weighted by Crippen LogP contribution is -2.32. The van der Waals surface area contributed by atoms with E-state index < -0.39 is 5.60 Å². The number of rotatable bonds is 0. The fourth-order valence-electron chi connectivity index (χ4n) is 1.42. The minimum Gasteiger partial charge on any atom is -0.354 e. The van der Waals surface area contributed by atoms with Crippen LogP contribution in [0.2, 0.25) is 0 Å². The van der Waals surface area contributed by atoms with Gasteiger partial charge in [-0.2, -0.15) is 0 Å². The van der Waals surface area contributed by atoms with Gasteiger partial charge in [0.05, 0.1) is 6.04 Å². The van der Waals surface area contributed by atoms with Crippen molar-refractivity contribution >= 4 is 5.91 Å². The van der Waals surface area contributed by atoms with Crippen LogP contribution in [0.25, 0.3) is 0 Å². The fraction of sp³-hybridized carbons (Fsp3) is 0.833. The number of fused-ring (bicyclic) bond motifs is 1. The molecule has 2 saturated heterocycles. The predicted octanol–water partition coefficient (Wildman–Crippen LogP) is -0.338. The fourth-order valence-corrected chi connectivity index (χ4v) is 1.42. The molecule has 3 heteroatoms. The number of epoxide rings is 1. The molecule has 1 amide bonds. The lowest BCUT2D eigenvalue weighted by molar-refractivity contribution is -0.125. The van der Waals surface area contributed by atoms with Crippen molar-refractivity contribution in [2.75, 3.05) is 0 Å². The topological polar surface area (TPSA) is 41.6 Å². The van der Waals surface area contributed by atoms with Gasteiger partial charge in [0, 0.05) is 0 Å². The Hall–Kier alpha value is -0.570. The number of nitrogens with one attached hydrogen (secondary N) is 1. The van der Waals surface area contributed by atoms with Crippen molar-refractivity contribution in [3.8, 4) is 0 Å². The number of amides is 1. The summed E-state index contributed by atoms with van der Waals surface area (Å²) in [6.07, 6.45) is 0.144. The van der Waals surface area contributed by atoms with Crippen LogP contribution in [0.15, 0.2) is 0 Å². The third-order valence-corrected chi connectivity index (χ3v) is 2.12. The number of hydrogen-bond donors (Lipinski definition) is 1. The maximum atomic E-state index is 10.9. The molecule has 0 radical (unpaired) electrons. The molecule has 2 fully saturated rings. The van der Waals surface area contributed by atoms with Crippen molar-refractivity contribution < 1.29 is 9.53 Å². The molecule has 0 aliphatic carbocycles. The molecule has 9 heavy (non-hydrogen) atoms. The highest BCUT2D eigenvalue weighted by Crippen LogP contribution is 2.42. The summed E-state index contributed by atoms with van der Waals surface area (Å²) in [4.78, 5) is 10.9. The van der Waals surface area contributed by atoms with E-state index in [1.165, 1.54) is 0 Å². The number of carbonyl (C=O) groups is 1. The van der Waals surface area contributed by atoms with Gasteiger partial charge in [0.15, 0.2) is 5.60 Å². The van der Waals surface area contributed by atoms with Crippen LogP contribution in [-0.2, 0) is 9.53 Å². The standard InChI is InChI=1S/C6H9NO2/c1-3-4-6(2,9-4)5(8)7-3/h3-4H,1-2H3,(H,7,8)/t3-,4+,6+/m0/s1. The Morgan fingerprint density at radius 1 is 1.78 bits per heavy atom. The molecular formula is C6H9NO2. The Kier molecular flexibility index (Phi) is 0.662. The second-order valence-electron chi connectivity index (χ2n) is 2.91. The van der Waals surface area contributed by atoms with E-state index in [0.29, 0.717) is 0 Å². The smallest absolute Gasteiger partial charge is 0.255 e. The maximum Gasteiger partial charge on any atom is 0.255 e. The SMILES string of the molecule is C[C@@H]1NC(=O)[C@]2(C)O[C@H]12. The molecule has 3 atom stereocenters. The van der Waals surface area contributed by atoms with Crippen molar-refractivity contribution in [3.63, 3.8) is 0 Å². The van der Waals surface area contributed by atoms with Crippen LogP contribution in [0.5, 0.6) is 0 Å². The minimum absolute atomic E-state index is 0.0417. The van der Waals surface area contributed by atoms with E-state index >= 15 is 0 Å². The van der Waals surface area contributed by atoms with Crippen molar-refractivity contribution in [2.24, 2.45) is 0 Å². The first-order valence-electron chi connectivity index (χ1n) is 3.13. The highest BCUT2D eigenvalue weighted by Gasteiger charge is 2.66. The average Bonchev–Trinajstić information content (AvgIpc) is 2.38. The second kappa shape index (κ2) is 1.14. The lowest BCUT2D eigenvalue weighted by atomic mass is 10.1. The van der Waals surface area contributed by atoms with Gasteiger partial charge in [-0.15, -0.1) is 0 Å². The molecule has 2 rings (SSSR count). The minimum atomic E-state index is -0.459. The van der Waals surface area contributed by atoms with Crippen LogP contribution in [0.3, 0.4) is 0 Å². The van der Waals surface area contributed by atoms with Gasteiger partial charge in [0.1, 0.15) is 6.10 Å². The summed E-state index contributed by atoms with van der Waals surface area (Å²) in [5.41, 5.74) is -0.459. The Balaban J connectivity index is 2.28. The van der Waals surface area contributed by atoms with Crippen LogP contribution in [0, 0.1) is 0 Å². The van der Waals surface area contributed by atoms with E-state index in [4.69, 9.17) is 4.74 Å². The van der Waals surface area contributed by atoms with E-state index in [-0.39, 0.29) is 18.1 Å². The maximum absolute atomic E-state index is 10.9. The molecule has 0 bridgehead atoms. The molecule has 2 aliphatic rings. The summed E-state index contributed by atoms with van der Waals surface area (Å²) in [5, 5.41) is 2.79. The molecule has 0 aromatic carbocycles. The van der Waals surface area contributed by atoms with Gasteiger partial charge < -0.3 is 10.1 Å². The zero-order valence-electron chi connectivity index (χ0n) is 5.47. The molecular weight excluding hydrogens is 118 g/mol. The molecule has 2 heterocycles. The number of ether oxygens (including phenoxy) is 1. The first-order chi connectivity index (χ1) is 4.14. The van der Waals surface area contributed by atoms with Crippen LogP contribution in [-0.4, -0.2) is 23.7 Å². The Labute approximate surface area is 53.4 Å². The normalized spacial score (nSPS) is 54.7. The van der Waals surface area contributed by atoms with Gasteiger partial charge in [-0.05, 0) is 13.8 Å². The summed E-state index contributed by atoms with van der Waals surface area (Å²) >= 11 is 0. The van der Waals surface area contributed by atoms with Crippen LogP contribution < -0.4 is 5.32 Å². The summed E-state index contributed by atoms with van der Waals surface area (Å²) in [6, 6.07) is 0.211. The molecule has 3 nitrogen and oxygen atoms in total. The molecule has 2 aliphatic heterocycles. The molecule has 1 N–H and O–H groups in total. The highest BCUT2D eigenvalue weighted by atomic mass is 16.6. The van der Waals surface area contributed by atoms with E-state index in [1.807, 2.05) is 13.8 Å². The molecule has 0 aromatic rings. The van der Waals surface area contributed by atoms with Gasteiger partial charge in [0.25, 0.3) is 5.91 Å². The zero-order valence-corrected chi connectivity index (χ0v) is 5.47. The van der Waals surface area contributed by atoms with Gasteiger partial charge in [-0.1, -0.05) is 0 Å². The monoisotopic (exact) mass is 127 g/mol. The summed E-state index contributed by atoms with van der Waals surface area (Å²) in [7, 11) is 0. The molecule has 0 saturated carbocycles.